The van der Waals surface area contributed by atoms with Crippen molar-refractivity contribution in [3.05, 3.63) is 69.9 Å². The van der Waals surface area contributed by atoms with Crippen molar-refractivity contribution in [1.82, 2.24) is 14.8 Å². The first-order valence-corrected chi connectivity index (χ1v) is 12.7. The van der Waals surface area contributed by atoms with E-state index in [-0.39, 0.29) is 11.7 Å². The van der Waals surface area contributed by atoms with Gasteiger partial charge in [-0.3, -0.25) is 4.79 Å². The Morgan fingerprint density at radius 3 is 2.76 bits per heavy atom. The number of aromatic nitrogens is 3. The number of carbonyl (C=O) groups is 1. The van der Waals surface area contributed by atoms with Crippen LogP contribution in [0.3, 0.4) is 0 Å². The lowest BCUT2D eigenvalue weighted by Gasteiger charge is -2.10. The summed E-state index contributed by atoms with van der Waals surface area (Å²) in [4.78, 5) is 12.4. The van der Waals surface area contributed by atoms with Crippen LogP contribution in [-0.4, -0.2) is 40.1 Å². The van der Waals surface area contributed by atoms with Crippen molar-refractivity contribution < 1.29 is 14.3 Å². The number of nitrogens with zero attached hydrogens (tertiary/aromatic N) is 3. The number of aryl methyl sites for hydroxylation is 2. The zero-order valence-corrected chi connectivity index (χ0v) is 22.2. The van der Waals surface area contributed by atoms with Crippen LogP contribution >= 0.6 is 39.3 Å². The second kappa shape index (κ2) is 12.8. The van der Waals surface area contributed by atoms with Gasteiger partial charge in [-0.1, -0.05) is 45.4 Å². The molecule has 0 aliphatic carbocycles. The number of benzene rings is 2. The SMILES string of the molecule is C=CCn1c(CCCOc2ccc(Br)cc2C)nnc1SCC(=O)Nc1ccc(OC)c(Cl)c1. The Kier molecular flexibility index (Phi) is 9.86. The van der Waals surface area contributed by atoms with E-state index in [1.54, 1.807) is 31.4 Å². The lowest BCUT2D eigenvalue weighted by molar-refractivity contribution is -0.113. The molecule has 180 valence electrons. The van der Waals surface area contributed by atoms with Crippen molar-refractivity contribution in [2.45, 2.75) is 31.5 Å². The molecule has 0 unspecified atom stereocenters. The van der Waals surface area contributed by atoms with Crippen molar-refractivity contribution in [3.63, 3.8) is 0 Å². The molecule has 3 rings (SSSR count). The monoisotopic (exact) mass is 564 g/mol. The van der Waals surface area contributed by atoms with Gasteiger partial charge in [-0.25, -0.2) is 0 Å². The molecule has 7 nitrogen and oxygen atoms in total. The Labute approximate surface area is 217 Å². The van der Waals surface area contributed by atoms with Crippen LogP contribution in [0.1, 0.15) is 17.8 Å². The molecule has 3 aromatic rings. The van der Waals surface area contributed by atoms with Gasteiger partial charge in [-0.2, -0.15) is 0 Å². The molecule has 1 heterocycles. The summed E-state index contributed by atoms with van der Waals surface area (Å²) in [5.41, 5.74) is 1.68. The average Bonchev–Trinajstić information content (AvgIpc) is 3.18. The van der Waals surface area contributed by atoms with E-state index in [9.17, 15) is 4.79 Å². The Morgan fingerprint density at radius 2 is 2.06 bits per heavy atom. The molecule has 1 aromatic heterocycles. The van der Waals surface area contributed by atoms with Gasteiger partial charge >= 0.3 is 0 Å². The van der Waals surface area contributed by atoms with E-state index in [1.165, 1.54) is 11.8 Å². The molecule has 10 heteroatoms. The molecule has 1 amide bonds. The molecule has 34 heavy (non-hydrogen) atoms. The predicted molar refractivity (Wildman–Crippen MR) is 140 cm³/mol. The van der Waals surface area contributed by atoms with Crippen molar-refractivity contribution in [1.29, 1.82) is 0 Å². The van der Waals surface area contributed by atoms with Crippen LogP contribution in [0.15, 0.2) is 58.7 Å². The molecule has 0 saturated carbocycles. The first-order chi connectivity index (χ1) is 16.4. The number of allylic oxidation sites excluding steroid dienone is 1. The molecule has 0 fully saturated rings. The number of hydrogen-bond donors (Lipinski definition) is 1. The van der Waals surface area contributed by atoms with Gasteiger partial charge in [0.15, 0.2) is 5.16 Å². The van der Waals surface area contributed by atoms with E-state index >= 15 is 0 Å². The molecule has 2 aromatic carbocycles. The summed E-state index contributed by atoms with van der Waals surface area (Å²) < 4.78 is 14.0. The van der Waals surface area contributed by atoms with Gasteiger partial charge in [0.05, 0.1) is 24.5 Å². The quantitative estimate of drug-likeness (QED) is 0.166. The van der Waals surface area contributed by atoms with E-state index in [0.29, 0.717) is 41.2 Å². The van der Waals surface area contributed by atoms with Gasteiger partial charge in [-0.05, 0) is 55.3 Å². The fraction of sp³-hybridized carbons (Fsp3) is 0.292. The highest BCUT2D eigenvalue weighted by atomic mass is 79.9. The second-order valence-corrected chi connectivity index (χ2v) is 9.61. The maximum absolute atomic E-state index is 12.4. The summed E-state index contributed by atoms with van der Waals surface area (Å²) in [6, 6.07) is 11.0. The highest BCUT2D eigenvalue weighted by Crippen LogP contribution is 2.27. The van der Waals surface area contributed by atoms with Gasteiger partial charge in [0.25, 0.3) is 0 Å². The number of carbonyl (C=O) groups excluding carboxylic acids is 1. The van der Waals surface area contributed by atoms with Gasteiger partial charge in [0, 0.05) is 23.1 Å². The van der Waals surface area contributed by atoms with Gasteiger partial charge < -0.3 is 19.4 Å². The van der Waals surface area contributed by atoms with Crippen LogP contribution in [0.25, 0.3) is 0 Å². The lowest BCUT2D eigenvalue weighted by atomic mass is 10.2. The minimum absolute atomic E-state index is 0.167. The van der Waals surface area contributed by atoms with Crippen LogP contribution in [0, 0.1) is 6.92 Å². The number of thioether (sulfide) groups is 1. The maximum atomic E-state index is 12.4. The van der Waals surface area contributed by atoms with Gasteiger partial charge in [-0.15, -0.1) is 16.8 Å². The average molecular weight is 566 g/mol. The van der Waals surface area contributed by atoms with E-state index in [1.807, 2.05) is 29.7 Å². The van der Waals surface area contributed by atoms with Crippen molar-refractivity contribution >= 4 is 50.9 Å². The summed E-state index contributed by atoms with van der Waals surface area (Å²) in [7, 11) is 1.54. The number of hydrogen-bond acceptors (Lipinski definition) is 6. The summed E-state index contributed by atoms with van der Waals surface area (Å²) in [6.07, 6.45) is 3.28. The Morgan fingerprint density at radius 1 is 1.26 bits per heavy atom. The number of anilines is 1. The molecule has 0 aliphatic rings. The maximum Gasteiger partial charge on any atom is 0.234 e. The highest BCUT2D eigenvalue weighted by Gasteiger charge is 2.14. The van der Waals surface area contributed by atoms with Crippen molar-refractivity contribution in [2.75, 3.05) is 24.8 Å². The first-order valence-electron chi connectivity index (χ1n) is 10.6. The Hall–Kier alpha value is -2.49. The molecule has 0 radical (unpaired) electrons. The third-order valence-electron chi connectivity index (χ3n) is 4.81. The number of amides is 1. The molecule has 1 N–H and O–H groups in total. The lowest BCUT2D eigenvalue weighted by Crippen LogP contribution is -2.15. The molecular weight excluding hydrogens is 540 g/mol. The van der Waals surface area contributed by atoms with E-state index < -0.39 is 0 Å². The number of rotatable bonds is 12. The van der Waals surface area contributed by atoms with Crippen LogP contribution in [0.4, 0.5) is 5.69 Å². The van der Waals surface area contributed by atoms with Gasteiger partial charge in [0.2, 0.25) is 5.91 Å². The normalized spacial score (nSPS) is 10.7. The summed E-state index contributed by atoms with van der Waals surface area (Å²) >= 11 is 10.9. The largest absolute Gasteiger partial charge is 0.495 e. The fourth-order valence-corrected chi connectivity index (χ4v) is 4.68. The molecule has 0 bridgehead atoms. The summed E-state index contributed by atoms with van der Waals surface area (Å²) in [6.45, 7) is 6.98. The number of halogens is 2. The van der Waals surface area contributed by atoms with Crippen LogP contribution in [0.5, 0.6) is 11.5 Å². The molecule has 0 atom stereocenters. The fourth-order valence-electron chi connectivity index (χ4n) is 3.18. The summed E-state index contributed by atoms with van der Waals surface area (Å²) in [5, 5.41) is 12.5. The molecular formula is C24H26BrClN4O3S. The predicted octanol–water partition coefficient (Wildman–Crippen LogP) is 5.94. The van der Waals surface area contributed by atoms with Crippen LogP contribution in [0.2, 0.25) is 5.02 Å². The minimum Gasteiger partial charge on any atom is -0.495 e. The third-order valence-corrected chi connectivity index (χ3v) is 6.57. The molecule has 0 spiro atoms. The zero-order valence-electron chi connectivity index (χ0n) is 19.0. The highest BCUT2D eigenvalue weighted by molar-refractivity contribution is 9.10. The van der Waals surface area contributed by atoms with Crippen molar-refractivity contribution in [2.24, 2.45) is 0 Å². The zero-order chi connectivity index (χ0) is 24.5. The smallest absolute Gasteiger partial charge is 0.234 e. The topological polar surface area (TPSA) is 78.3 Å². The minimum atomic E-state index is -0.167. The Balaban J connectivity index is 1.53. The van der Waals surface area contributed by atoms with Crippen molar-refractivity contribution in [3.8, 4) is 11.5 Å². The third kappa shape index (κ3) is 7.25. The van der Waals surface area contributed by atoms with Crippen LogP contribution in [-0.2, 0) is 17.8 Å². The standard InChI is InChI=1S/C24H26BrClN4O3S/c1-4-11-30-22(6-5-12-33-20-9-7-17(25)13-16(20)2)28-29-24(30)34-15-23(31)27-18-8-10-21(32-3)19(26)14-18/h4,7-10,13-14H,1,5-6,11-12,15H2,2-3H3,(H,27,31). The van der Waals surface area contributed by atoms with Crippen LogP contribution < -0.4 is 14.8 Å². The summed E-state index contributed by atoms with van der Waals surface area (Å²) in [5.74, 6) is 2.28. The number of ether oxygens (including phenoxy) is 2. The second-order valence-electron chi connectivity index (χ2n) is 7.35. The first kappa shape index (κ1) is 26.1. The molecule has 0 aliphatic heterocycles. The molecule has 0 saturated heterocycles. The number of nitrogens with one attached hydrogen (secondary N) is 1. The van der Waals surface area contributed by atoms with E-state index in [0.717, 1.165) is 28.0 Å². The Bertz CT molecular complexity index is 1160. The van der Waals surface area contributed by atoms with Gasteiger partial charge in [0.1, 0.15) is 17.3 Å². The van der Waals surface area contributed by atoms with E-state index in [4.69, 9.17) is 21.1 Å². The van der Waals surface area contributed by atoms with E-state index in [2.05, 4.69) is 38.0 Å². The number of methoxy groups -OCH3 is 1.